The molecular formula is C13H18N2O3S. The molecule has 3 rings (SSSR count). The van der Waals surface area contributed by atoms with Gasteiger partial charge >= 0.3 is 0 Å². The molecule has 0 radical (unpaired) electrons. The minimum absolute atomic E-state index is 0.348. The zero-order valence-electron chi connectivity index (χ0n) is 10.9. The molecule has 0 spiro atoms. The molecule has 5 nitrogen and oxygen atoms in total. The molecule has 0 bridgehead atoms. The van der Waals surface area contributed by atoms with E-state index >= 15 is 0 Å². The number of benzene rings is 1. The number of ether oxygens (including phenoxy) is 1. The molecule has 0 unspecified atom stereocenters. The number of nitrogens with zero attached hydrogens (tertiary/aromatic N) is 1. The summed E-state index contributed by atoms with van der Waals surface area (Å²) in [6.45, 7) is 3.12. The number of methoxy groups -OCH3 is 1. The van der Waals surface area contributed by atoms with Gasteiger partial charge < -0.3 is 10.1 Å². The Hall–Kier alpha value is -1.11. The second-order valence-electron chi connectivity index (χ2n) is 5.18. The molecule has 19 heavy (non-hydrogen) atoms. The third kappa shape index (κ3) is 2.24. The molecule has 6 heteroatoms. The molecule has 0 aromatic heterocycles. The van der Waals surface area contributed by atoms with Crippen LogP contribution in [0.1, 0.15) is 0 Å². The van der Waals surface area contributed by atoms with Gasteiger partial charge in [0.2, 0.25) is 10.0 Å². The maximum Gasteiger partial charge on any atom is 0.243 e. The van der Waals surface area contributed by atoms with E-state index < -0.39 is 10.0 Å². The fraction of sp³-hybridized carbons (Fsp3) is 0.538. The second kappa shape index (κ2) is 4.77. The standard InChI is InChI=1S/C13H18N2O3S/c1-18-12-2-4-13(5-3-12)19(16,17)15-8-10-6-14-7-11(10)9-15/h2-5,10-11,14H,6-9H2,1H3/t10-,11+. The van der Waals surface area contributed by atoms with Gasteiger partial charge in [0, 0.05) is 13.1 Å². The van der Waals surface area contributed by atoms with Crippen LogP contribution in [0.2, 0.25) is 0 Å². The molecule has 2 aliphatic rings. The first-order valence-electron chi connectivity index (χ1n) is 6.46. The Kier molecular flexibility index (Phi) is 3.24. The van der Waals surface area contributed by atoms with Crippen molar-refractivity contribution in [1.29, 1.82) is 0 Å². The lowest BCUT2D eigenvalue weighted by Gasteiger charge is -2.17. The predicted molar refractivity (Wildman–Crippen MR) is 71.6 cm³/mol. The van der Waals surface area contributed by atoms with Crippen LogP contribution in [0.3, 0.4) is 0 Å². The van der Waals surface area contributed by atoms with Gasteiger partial charge in [-0.1, -0.05) is 0 Å². The molecule has 104 valence electrons. The van der Waals surface area contributed by atoms with Crippen molar-refractivity contribution in [3.8, 4) is 5.75 Å². The lowest BCUT2D eigenvalue weighted by molar-refractivity contribution is 0.414. The molecule has 2 saturated heterocycles. The summed E-state index contributed by atoms with van der Waals surface area (Å²) >= 11 is 0. The van der Waals surface area contributed by atoms with E-state index in [1.165, 1.54) is 0 Å². The Labute approximate surface area is 113 Å². The van der Waals surface area contributed by atoms with Crippen LogP contribution < -0.4 is 10.1 Å². The maximum absolute atomic E-state index is 12.5. The average molecular weight is 282 g/mol. The summed E-state index contributed by atoms with van der Waals surface area (Å²) in [7, 11) is -1.79. The van der Waals surface area contributed by atoms with Gasteiger partial charge in [0.1, 0.15) is 5.75 Å². The van der Waals surface area contributed by atoms with Crippen LogP contribution in [0.25, 0.3) is 0 Å². The first kappa shape index (κ1) is 12.9. The molecule has 1 aromatic carbocycles. The fourth-order valence-electron chi connectivity index (χ4n) is 2.91. The number of hydrogen-bond acceptors (Lipinski definition) is 4. The maximum atomic E-state index is 12.5. The lowest BCUT2D eigenvalue weighted by Crippen LogP contribution is -2.31. The van der Waals surface area contributed by atoms with Crippen LogP contribution >= 0.6 is 0 Å². The molecule has 0 amide bonds. The van der Waals surface area contributed by atoms with Crippen molar-refractivity contribution in [3.63, 3.8) is 0 Å². The van der Waals surface area contributed by atoms with Crippen LogP contribution in [0.5, 0.6) is 5.75 Å². The Balaban J connectivity index is 1.82. The van der Waals surface area contributed by atoms with E-state index in [0.717, 1.165) is 13.1 Å². The fourth-order valence-corrected chi connectivity index (χ4v) is 4.46. The van der Waals surface area contributed by atoms with Crippen molar-refractivity contribution in [2.45, 2.75) is 4.90 Å². The number of hydrogen-bond donors (Lipinski definition) is 1. The largest absolute Gasteiger partial charge is 0.497 e. The van der Waals surface area contributed by atoms with Gasteiger partial charge in [-0.25, -0.2) is 8.42 Å². The zero-order valence-corrected chi connectivity index (χ0v) is 11.7. The van der Waals surface area contributed by atoms with E-state index in [4.69, 9.17) is 4.74 Å². The summed E-state index contributed by atoms with van der Waals surface area (Å²) in [4.78, 5) is 0.348. The third-order valence-corrected chi connectivity index (χ3v) is 5.90. The Morgan fingerprint density at radius 2 is 1.74 bits per heavy atom. The van der Waals surface area contributed by atoms with E-state index in [1.54, 1.807) is 35.7 Å². The molecule has 2 atom stereocenters. The molecule has 2 fully saturated rings. The van der Waals surface area contributed by atoms with E-state index in [-0.39, 0.29) is 0 Å². The zero-order chi connectivity index (χ0) is 13.5. The highest BCUT2D eigenvalue weighted by atomic mass is 32.2. The highest BCUT2D eigenvalue weighted by Gasteiger charge is 2.41. The van der Waals surface area contributed by atoms with Crippen molar-refractivity contribution < 1.29 is 13.2 Å². The van der Waals surface area contributed by atoms with E-state index in [0.29, 0.717) is 35.6 Å². The Morgan fingerprint density at radius 3 is 2.26 bits per heavy atom. The van der Waals surface area contributed by atoms with Crippen molar-refractivity contribution in [2.24, 2.45) is 11.8 Å². The minimum Gasteiger partial charge on any atom is -0.497 e. The number of rotatable bonds is 3. The first-order valence-corrected chi connectivity index (χ1v) is 7.90. The number of nitrogens with one attached hydrogen (secondary N) is 1. The number of fused-ring (bicyclic) bond motifs is 1. The number of sulfonamides is 1. The predicted octanol–water partition coefficient (Wildman–Crippen LogP) is 0.535. The summed E-state index contributed by atoms with van der Waals surface area (Å²) < 4.78 is 31.7. The second-order valence-corrected chi connectivity index (χ2v) is 7.11. The van der Waals surface area contributed by atoms with Gasteiger partial charge in [0.15, 0.2) is 0 Å². The normalized spacial score (nSPS) is 27.4. The molecule has 0 saturated carbocycles. The minimum atomic E-state index is -3.36. The SMILES string of the molecule is COc1ccc(S(=O)(=O)N2C[C@H]3CNC[C@H]3C2)cc1. The van der Waals surface area contributed by atoms with Crippen LogP contribution in [-0.4, -0.2) is 46.0 Å². The van der Waals surface area contributed by atoms with Crippen LogP contribution in [-0.2, 0) is 10.0 Å². The summed E-state index contributed by atoms with van der Waals surface area (Å²) in [5, 5.41) is 3.31. The van der Waals surface area contributed by atoms with E-state index in [2.05, 4.69) is 5.32 Å². The molecule has 0 aliphatic carbocycles. The van der Waals surface area contributed by atoms with Crippen molar-refractivity contribution >= 4 is 10.0 Å². The van der Waals surface area contributed by atoms with Crippen LogP contribution in [0.15, 0.2) is 29.2 Å². The Morgan fingerprint density at radius 1 is 1.16 bits per heavy atom. The smallest absolute Gasteiger partial charge is 0.243 e. The van der Waals surface area contributed by atoms with Gasteiger partial charge in [-0.2, -0.15) is 4.31 Å². The van der Waals surface area contributed by atoms with Crippen molar-refractivity contribution in [3.05, 3.63) is 24.3 Å². The molecule has 2 aliphatic heterocycles. The summed E-state index contributed by atoms with van der Waals surface area (Å²) in [6, 6.07) is 6.59. The molecule has 1 aromatic rings. The van der Waals surface area contributed by atoms with Gasteiger partial charge in [-0.05, 0) is 49.2 Å². The van der Waals surface area contributed by atoms with E-state index in [1.807, 2.05) is 0 Å². The quantitative estimate of drug-likeness (QED) is 0.879. The first-order chi connectivity index (χ1) is 9.11. The molecular weight excluding hydrogens is 264 g/mol. The summed E-state index contributed by atoms with van der Waals surface area (Å²) in [5.41, 5.74) is 0. The van der Waals surface area contributed by atoms with Crippen molar-refractivity contribution in [1.82, 2.24) is 9.62 Å². The Bertz CT molecular complexity index is 544. The van der Waals surface area contributed by atoms with Crippen LogP contribution in [0, 0.1) is 11.8 Å². The van der Waals surface area contributed by atoms with Gasteiger partial charge in [0.25, 0.3) is 0 Å². The van der Waals surface area contributed by atoms with Gasteiger partial charge in [0.05, 0.1) is 12.0 Å². The summed E-state index contributed by atoms with van der Waals surface area (Å²) in [6.07, 6.45) is 0. The van der Waals surface area contributed by atoms with Crippen molar-refractivity contribution in [2.75, 3.05) is 33.3 Å². The highest BCUT2D eigenvalue weighted by Crippen LogP contribution is 2.31. The summed E-state index contributed by atoms with van der Waals surface area (Å²) in [5.74, 6) is 1.60. The molecule has 1 N–H and O–H groups in total. The van der Waals surface area contributed by atoms with E-state index in [9.17, 15) is 8.42 Å². The highest BCUT2D eigenvalue weighted by molar-refractivity contribution is 7.89. The monoisotopic (exact) mass is 282 g/mol. The lowest BCUT2D eigenvalue weighted by atomic mass is 10.0. The topological polar surface area (TPSA) is 58.6 Å². The molecule has 2 heterocycles. The van der Waals surface area contributed by atoms with Crippen LogP contribution in [0.4, 0.5) is 0 Å². The average Bonchev–Trinajstić information content (AvgIpc) is 2.99. The van der Waals surface area contributed by atoms with Gasteiger partial charge in [-0.15, -0.1) is 0 Å². The van der Waals surface area contributed by atoms with Gasteiger partial charge in [-0.3, -0.25) is 0 Å². The third-order valence-electron chi connectivity index (χ3n) is 4.05.